The van der Waals surface area contributed by atoms with Gasteiger partial charge in [-0.1, -0.05) is 60.2 Å². The van der Waals surface area contributed by atoms with E-state index in [9.17, 15) is 0 Å². The monoisotopic (exact) mass is 295 g/mol. The van der Waals surface area contributed by atoms with Crippen LogP contribution in [0.15, 0.2) is 59.7 Å². The second-order valence-corrected chi connectivity index (χ2v) is 5.64. The highest BCUT2D eigenvalue weighted by molar-refractivity contribution is 7.80. The lowest BCUT2D eigenvalue weighted by Gasteiger charge is -2.22. The average molecular weight is 295 g/mol. The Morgan fingerprint density at radius 3 is 2.43 bits per heavy atom. The van der Waals surface area contributed by atoms with Gasteiger partial charge >= 0.3 is 0 Å². The topological polar surface area (TPSA) is 41.6 Å². The van der Waals surface area contributed by atoms with Gasteiger partial charge in [0, 0.05) is 6.42 Å². The summed E-state index contributed by atoms with van der Waals surface area (Å²) in [5.41, 5.74) is 10.4. The molecule has 2 N–H and O–H groups in total. The molecule has 0 spiro atoms. The molecular weight excluding hydrogens is 278 g/mol. The first-order chi connectivity index (χ1) is 10.1. The minimum absolute atomic E-state index is 0.0818. The van der Waals surface area contributed by atoms with Crippen LogP contribution in [-0.4, -0.2) is 15.8 Å². The van der Waals surface area contributed by atoms with Crippen LogP contribution in [0.1, 0.15) is 29.2 Å². The number of hydrazone groups is 1. The Bertz CT molecular complexity index is 677. The molecule has 0 fully saturated rings. The number of rotatable bonds is 2. The summed E-state index contributed by atoms with van der Waals surface area (Å²) in [5, 5.41) is 6.69. The van der Waals surface area contributed by atoms with Crippen LogP contribution in [-0.2, 0) is 0 Å². The summed E-state index contributed by atoms with van der Waals surface area (Å²) >= 11 is 5.16. The summed E-state index contributed by atoms with van der Waals surface area (Å²) in [7, 11) is 0. The van der Waals surface area contributed by atoms with Gasteiger partial charge in [0.2, 0.25) is 0 Å². The largest absolute Gasteiger partial charge is 0.375 e. The molecule has 1 atom stereocenters. The maximum Gasteiger partial charge on any atom is 0.187 e. The fourth-order valence-electron chi connectivity index (χ4n) is 2.57. The van der Waals surface area contributed by atoms with E-state index in [2.05, 4.69) is 48.4 Å². The molecule has 0 amide bonds. The molecule has 3 rings (SSSR count). The molecule has 2 aromatic rings. The lowest BCUT2D eigenvalue weighted by atomic mass is 9.98. The van der Waals surface area contributed by atoms with E-state index in [4.69, 9.17) is 18.0 Å². The third-order valence-corrected chi connectivity index (χ3v) is 3.89. The first-order valence-corrected chi connectivity index (χ1v) is 7.34. The average Bonchev–Trinajstić information content (AvgIpc) is 2.94. The minimum atomic E-state index is 0.0818. The van der Waals surface area contributed by atoms with Crippen LogP contribution in [0.4, 0.5) is 0 Å². The Labute approximate surface area is 130 Å². The van der Waals surface area contributed by atoms with Crippen molar-refractivity contribution in [3.63, 3.8) is 0 Å². The standard InChI is InChI=1S/C17H17N3S/c1-12-7-9-14(10-8-12)16-11-15(19-20(16)17(18)21)13-5-3-2-4-6-13/h2-10,16H,11H2,1H3,(H2,18,21). The fourth-order valence-corrected chi connectivity index (χ4v) is 2.73. The number of nitrogens with zero attached hydrogens (tertiary/aromatic N) is 2. The first-order valence-electron chi connectivity index (χ1n) is 6.93. The van der Waals surface area contributed by atoms with Crippen LogP contribution in [0.3, 0.4) is 0 Å². The first kappa shape index (κ1) is 13.8. The molecule has 106 valence electrons. The van der Waals surface area contributed by atoms with Gasteiger partial charge in [0.25, 0.3) is 0 Å². The zero-order valence-electron chi connectivity index (χ0n) is 11.9. The summed E-state index contributed by atoms with van der Waals surface area (Å²) in [4.78, 5) is 0. The molecule has 3 nitrogen and oxygen atoms in total. The summed E-state index contributed by atoms with van der Waals surface area (Å²) in [6.07, 6.45) is 0.810. The third-order valence-electron chi connectivity index (χ3n) is 3.71. The molecular formula is C17H17N3S. The molecule has 0 aromatic heterocycles. The van der Waals surface area contributed by atoms with Gasteiger partial charge in [0.05, 0.1) is 11.8 Å². The van der Waals surface area contributed by atoms with Crippen molar-refractivity contribution in [2.45, 2.75) is 19.4 Å². The van der Waals surface area contributed by atoms with Gasteiger partial charge in [-0.25, -0.2) is 5.01 Å². The number of benzene rings is 2. The zero-order valence-corrected chi connectivity index (χ0v) is 12.7. The molecule has 1 unspecified atom stereocenters. The second kappa shape index (κ2) is 5.66. The fraction of sp³-hybridized carbons (Fsp3) is 0.176. The van der Waals surface area contributed by atoms with Crippen molar-refractivity contribution in [1.82, 2.24) is 5.01 Å². The van der Waals surface area contributed by atoms with Crippen molar-refractivity contribution in [1.29, 1.82) is 0 Å². The predicted molar refractivity (Wildman–Crippen MR) is 90.1 cm³/mol. The second-order valence-electron chi connectivity index (χ2n) is 5.23. The molecule has 0 aliphatic carbocycles. The van der Waals surface area contributed by atoms with E-state index in [1.165, 1.54) is 11.1 Å². The number of aryl methyl sites for hydroxylation is 1. The van der Waals surface area contributed by atoms with Gasteiger partial charge in [0.15, 0.2) is 5.11 Å². The highest BCUT2D eigenvalue weighted by Gasteiger charge is 2.30. The maximum atomic E-state index is 5.85. The van der Waals surface area contributed by atoms with Gasteiger partial charge in [0.1, 0.15) is 0 Å². The lowest BCUT2D eigenvalue weighted by molar-refractivity contribution is 0.372. The van der Waals surface area contributed by atoms with Crippen LogP contribution in [0.5, 0.6) is 0 Å². The quantitative estimate of drug-likeness (QED) is 0.864. The molecule has 0 radical (unpaired) electrons. The molecule has 0 saturated carbocycles. The van der Waals surface area contributed by atoms with Crippen molar-refractivity contribution in [2.24, 2.45) is 10.8 Å². The van der Waals surface area contributed by atoms with Gasteiger partial charge in [-0.3, -0.25) is 0 Å². The van der Waals surface area contributed by atoms with Gasteiger partial charge in [-0.2, -0.15) is 5.10 Å². The molecule has 1 heterocycles. The van der Waals surface area contributed by atoms with E-state index in [0.29, 0.717) is 5.11 Å². The van der Waals surface area contributed by atoms with E-state index in [1.807, 2.05) is 18.2 Å². The Hall–Kier alpha value is -2.20. The van der Waals surface area contributed by atoms with Crippen LogP contribution in [0.2, 0.25) is 0 Å². The number of hydrogen-bond donors (Lipinski definition) is 1. The highest BCUT2D eigenvalue weighted by atomic mass is 32.1. The smallest absolute Gasteiger partial charge is 0.187 e. The van der Waals surface area contributed by atoms with Crippen LogP contribution >= 0.6 is 12.2 Å². The summed E-state index contributed by atoms with van der Waals surface area (Å²) in [6.45, 7) is 2.08. The Kier molecular flexibility index (Phi) is 3.71. The summed E-state index contributed by atoms with van der Waals surface area (Å²) in [5.74, 6) is 0. The molecule has 21 heavy (non-hydrogen) atoms. The molecule has 0 saturated heterocycles. The number of thiocarbonyl (C=S) groups is 1. The highest BCUT2D eigenvalue weighted by Crippen LogP contribution is 2.32. The molecule has 0 bridgehead atoms. The lowest BCUT2D eigenvalue weighted by Crippen LogP contribution is -2.31. The Balaban J connectivity index is 1.93. The van der Waals surface area contributed by atoms with E-state index in [1.54, 1.807) is 5.01 Å². The van der Waals surface area contributed by atoms with E-state index in [0.717, 1.165) is 17.7 Å². The van der Waals surface area contributed by atoms with Crippen LogP contribution < -0.4 is 5.73 Å². The van der Waals surface area contributed by atoms with E-state index in [-0.39, 0.29) is 6.04 Å². The summed E-state index contributed by atoms with van der Waals surface area (Å²) < 4.78 is 0. The van der Waals surface area contributed by atoms with Crippen molar-refractivity contribution in [2.75, 3.05) is 0 Å². The van der Waals surface area contributed by atoms with Gasteiger partial charge < -0.3 is 5.73 Å². The molecule has 1 aliphatic heterocycles. The van der Waals surface area contributed by atoms with Gasteiger partial charge in [-0.15, -0.1) is 0 Å². The van der Waals surface area contributed by atoms with Crippen molar-refractivity contribution in [3.8, 4) is 0 Å². The molecule has 1 aliphatic rings. The normalized spacial score (nSPS) is 17.7. The maximum absolute atomic E-state index is 5.85. The summed E-state index contributed by atoms with van der Waals surface area (Å²) in [6, 6.07) is 18.7. The van der Waals surface area contributed by atoms with E-state index >= 15 is 0 Å². The minimum Gasteiger partial charge on any atom is -0.375 e. The van der Waals surface area contributed by atoms with Crippen molar-refractivity contribution < 1.29 is 0 Å². The molecule has 2 aromatic carbocycles. The zero-order chi connectivity index (χ0) is 14.8. The van der Waals surface area contributed by atoms with Crippen molar-refractivity contribution in [3.05, 3.63) is 71.3 Å². The number of nitrogens with two attached hydrogens (primary N) is 1. The molecule has 4 heteroatoms. The third kappa shape index (κ3) is 2.81. The number of hydrogen-bond acceptors (Lipinski definition) is 2. The van der Waals surface area contributed by atoms with E-state index < -0.39 is 0 Å². The van der Waals surface area contributed by atoms with Crippen molar-refractivity contribution >= 4 is 23.0 Å². The van der Waals surface area contributed by atoms with Crippen LogP contribution in [0, 0.1) is 6.92 Å². The van der Waals surface area contributed by atoms with Gasteiger partial charge in [-0.05, 0) is 30.3 Å². The SMILES string of the molecule is Cc1ccc(C2CC(c3ccccc3)=NN2C(N)=S)cc1. The Morgan fingerprint density at radius 2 is 1.81 bits per heavy atom. The Morgan fingerprint density at radius 1 is 1.14 bits per heavy atom. The predicted octanol–water partition coefficient (Wildman–Crippen LogP) is 3.39. The van der Waals surface area contributed by atoms with Crippen LogP contribution in [0.25, 0.3) is 0 Å².